The molecule has 2 rings (SSSR count). The lowest BCUT2D eigenvalue weighted by Crippen LogP contribution is -2.34. The fraction of sp³-hybridized carbons (Fsp3) is 0.667. The fourth-order valence-electron chi connectivity index (χ4n) is 2.29. The number of hydrogen-bond donors (Lipinski definition) is 0. The molecule has 0 bridgehead atoms. The molecule has 88 valence electrons. The van der Waals surface area contributed by atoms with Crippen molar-refractivity contribution >= 4 is 15.9 Å². The zero-order valence-corrected chi connectivity index (χ0v) is 11.3. The Bertz CT molecular complexity index is 335. The van der Waals surface area contributed by atoms with Crippen LogP contribution in [0.4, 0.5) is 0 Å². The first-order valence-corrected chi connectivity index (χ1v) is 6.76. The third-order valence-corrected chi connectivity index (χ3v) is 3.76. The maximum atomic E-state index is 4.18. The Morgan fingerprint density at radius 2 is 2.19 bits per heavy atom. The van der Waals surface area contributed by atoms with Crippen molar-refractivity contribution in [2.24, 2.45) is 5.92 Å². The van der Waals surface area contributed by atoms with E-state index < -0.39 is 0 Å². The summed E-state index contributed by atoms with van der Waals surface area (Å²) in [5.41, 5.74) is 1.12. The molecule has 0 unspecified atom stereocenters. The van der Waals surface area contributed by atoms with E-state index in [0.717, 1.165) is 22.5 Å². The van der Waals surface area contributed by atoms with E-state index in [1.807, 2.05) is 0 Å². The summed E-state index contributed by atoms with van der Waals surface area (Å²) in [6, 6.07) is 2.08. The molecule has 1 aliphatic heterocycles. The Kier molecular flexibility index (Phi) is 4.29. The van der Waals surface area contributed by atoms with E-state index in [0.29, 0.717) is 0 Å². The van der Waals surface area contributed by atoms with Crippen molar-refractivity contribution < 1.29 is 0 Å². The minimum Gasteiger partial charge on any atom is -0.304 e. The number of hydrogen-bond acceptors (Lipinski definition) is 3. The second kappa shape index (κ2) is 5.73. The molecule has 0 atom stereocenters. The number of aromatic nitrogens is 2. The van der Waals surface area contributed by atoms with Crippen LogP contribution in [0.1, 0.15) is 25.5 Å². The van der Waals surface area contributed by atoms with Crippen LogP contribution in [-0.4, -0.2) is 34.7 Å². The zero-order chi connectivity index (χ0) is 11.4. The third-order valence-electron chi connectivity index (χ3n) is 3.32. The average molecular weight is 284 g/mol. The van der Waals surface area contributed by atoms with Gasteiger partial charge in [-0.3, -0.25) is 0 Å². The van der Waals surface area contributed by atoms with E-state index in [2.05, 4.69) is 44.0 Å². The van der Waals surface area contributed by atoms with Crippen LogP contribution in [-0.2, 0) is 6.42 Å². The zero-order valence-electron chi connectivity index (χ0n) is 9.69. The molecule has 1 saturated heterocycles. The standard InChI is InChI=1S/C12H18BrN3/c1-2-16-5-3-10(4-6-16)7-12-8-11(13)9-14-15-12/h8-10H,2-7H2,1H3. The highest BCUT2D eigenvalue weighted by Crippen LogP contribution is 2.21. The molecule has 1 aromatic rings. The lowest BCUT2D eigenvalue weighted by Gasteiger charge is -2.30. The van der Waals surface area contributed by atoms with E-state index in [1.54, 1.807) is 6.20 Å². The van der Waals surface area contributed by atoms with Crippen molar-refractivity contribution in [1.29, 1.82) is 0 Å². The second-order valence-corrected chi connectivity index (χ2v) is 5.36. The van der Waals surface area contributed by atoms with Gasteiger partial charge in [0.2, 0.25) is 0 Å². The van der Waals surface area contributed by atoms with Gasteiger partial charge >= 0.3 is 0 Å². The first-order valence-electron chi connectivity index (χ1n) is 5.97. The molecule has 0 spiro atoms. The summed E-state index contributed by atoms with van der Waals surface area (Å²) in [5.74, 6) is 0.784. The summed E-state index contributed by atoms with van der Waals surface area (Å²) in [7, 11) is 0. The molecule has 0 aromatic carbocycles. The minimum absolute atomic E-state index is 0.784. The molecule has 2 heterocycles. The highest BCUT2D eigenvalue weighted by atomic mass is 79.9. The summed E-state index contributed by atoms with van der Waals surface area (Å²) < 4.78 is 1.03. The number of rotatable bonds is 3. The maximum absolute atomic E-state index is 4.18. The molecule has 0 saturated carbocycles. The molecular formula is C12H18BrN3. The van der Waals surface area contributed by atoms with Gasteiger partial charge in [-0.25, -0.2) is 0 Å². The molecule has 0 amide bonds. The molecule has 1 fully saturated rings. The van der Waals surface area contributed by atoms with Gasteiger partial charge in [0.25, 0.3) is 0 Å². The Balaban J connectivity index is 1.87. The van der Waals surface area contributed by atoms with Gasteiger partial charge < -0.3 is 4.90 Å². The van der Waals surface area contributed by atoms with E-state index in [4.69, 9.17) is 0 Å². The van der Waals surface area contributed by atoms with Crippen molar-refractivity contribution in [3.63, 3.8) is 0 Å². The van der Waals surface area contributed by atoms with Gasteiger partial charge in [0.05, 0.1) is 11.9 Å². The van der Waals surface area contributed by atoms with Crippen LogP contribution >= 0.6 is 15.9 Å². The Morgan fingerprint density at radius 3 is 2.81 bits per heavy atom. The maximum Gasteiger partial charge on any atom is 0.0645 e. The molecule has 0 radical (unpaired) electrons. The normalized spacial score (nSPS) is 18.9. The summed E-state index contributed by atoms with van der Waals surface area (Å²) >= 11 is 3.44. The van der Waals surface area contributed by atoms with Gasteiger partial charge in [-0.15, -0.1) is 0 Å². The number of halogens is 1. The van der Waals surface area contributed by atoms with Crippen LogP contribution in [0, 0.1) is 5.92 Å². The highest BCUT2D eigenvalue weighted by Gasteiger charge is 2.18. The largest absolute Gasteiger partial charge is 0.304 e. The smallest absolute Gasteiger partial charge is 0.0645 e. The minimum atomic E-state index is 0.784. The van der Waals surface area contributed by atoms with Crippen LogP contribution in [0.3, 0.4) is 0 Å². The topological polar surface area (TPSA) is 29.0 Å². The monoisotopic (exact) mass is 283 g/mol. The van der Waals surface area contributed by atoms with Crippen molar-refractivity contribution in [3.05, 3.63) is 22.4 Å². The molecule has 0 aliphatic carbocycles. The van der Waals surface area contributed by atoms with Crippen LogP contribution in [0.25, 0.3) is 0 Å². The SMILES string of the molecule is CCN1CCC(Cc2cc(Br)cnn2)CC1. The Morgan fingerprint density at radius 1 is 1.44 bits per heavy atom. The van der Waals surface area contributed by atoms with Gasteiger partial charge in [0, 0.05) is 4.47 Å². The Labute approximate surface area is 105 Å². The van der Waals surface area contributed by atoms with E-state index in [1.165, 1.54) is 32.5 Å². The molecule has 1 aromatic heterocycles. The van der Waals surface area contributed by atoms with Gasteiger partial charge in [0.1, 0.15) is 0 Å². The van der Waals surface area contributed by atoms with Gasteiger partial charge in [-0.1, -0.05) is 6.92 Å². The molecule has 1 aliphatic rings. The van der Waals surface area contributed by atoms with E-state index in [9.17, 15) is 0 Å². The summed E-state index contributed by atoms with van der Waals surface area (Å²) in [5, 5.41) is 8.15. The van der Waals surface area contributed by atoms with Crippen molar-refractivity contribution in [2.75, 3.05) is 19.6 Å². The lowest BCUT2D eigenvalue weighted by molar-refractivity contribution is 0.191. The van der Waals surface area contributed by atoms with E-state index >= 15 is 0 Å². The van der Waals surface area contributed by atoms with Crippen LogP contribution in [0.2, 0.25) is 0 Å². The van der Waals surface area contributed by atoms with Crippen molar-refractivity contribution in [2.45, 2.75) is 26.2 Å². The van der Waals surface area contributed by atoms with Crippen molar-refractivity contribution in [3.8, 4) is 0 Å². The summed E-state index contributed by atoms with van der Waals surface area (Å²) in [6.45, 7) is 5.90. The molecular weight excluding hydrogens is 266 g/mol. The Hall–Kier alpha value is -0.480. The average Bonchev–Trinajstić information content (AvgIpc) is 2.30. The predicted octanol–water partition coefficient (Wildman–Crippen LogP) is 2.51. The molecule has 0 N–H and O–H groups in total. The second-order valence-electron chi connectivity index (χ2n) is 4.45. The highest BCUT2D eigenvalue weighted by molar-refractivity contribution is 9.10. The third kappa shape index (κ3) is 3.25. The fourth-order valence-corrected chi connectivity index (χ4v) is 2.64. The van der Waals surface area contributed by atoms with Crippen molar-refractivity contribution in [1.82, 2.24) is 15.1 Å². The lowest BCUT2D eigenvalue weighted by atomic mass is 9.92. The first-order chi connectivity index (χ1) is 7.78. The molecule has 16 heavy (non-hydrogen) atoms. The molecule has 4 heteroatoms. The quantitative estimate of drug-likeness (QED) is 0.854. The summed E-state index contributed by atoms with van der Waals surface area (Å²) in [4.78, 5) is 2.52. The number of likely N-dealkylation sites (tertiary alicyclic amines) is 1. The number of piperidine rings is 1. The van der Waals surface area contributed by atoms with E-state index in [-0.39, 0.29) is 0 Å². The predicted molar refractivity (Wildman–Crippen MR) is 68.3 cm³/mol. The number of nitrogens with zero attached hydrogens (tertiary/aromatic N) is 3. The van der Waals surface area contributed by atoms with Crippen LogP contribution in [0.5, 0.6) is 0 Å². The van der Waals surface area contributed by atoms with Gasteiger partial charge in [0.15, 0.2) is 0 Å². The molecule has 3 nitrogen and oxygen atoms in total. The van der Waals surface area contributed by atoms with Crippen LogP contribution < -0.4 is 0 Å². The van der Waals surface area contributed by atoms with Gasteiger partial charge in [-0.2, -0.15) is 10.2 Å². The summed E-state index contributed by atoms with van der Waals surface area (Å²) in [6.07, 6.45) is 5.40. The van der Waals surface area contributed by atoms with Crippen LogP contribution in [0.15, 0.2) is 16.7 Å². The van der Waals surface area contributed by atoms with Gasteiger partial charge in [-0.05, 0) is 66.8 Å². The first kappa shape index (κ1) is 12.0.